The Bertz CT molecular complexity index is 310. The van der Waals surface area contributed by atoms with Crippen molar-refractivity contribution in [3.63, 3.8) is 0 Å². The zero-order valence-electron chi connectivity index (χ0n) is 7.07. The highest BCUT2D eigenvalue weighted by atomic mass is 32.1. The number of aliphatic hydroxyl groups excluding tert-OH is 1. The Kier molecular flexibility index (Phi) is 3.99. The molecule has 0 fully saturated rings. The molecule has 1 aromatic rings. The van der Waals surface area contributed by atoms with E-state index in [0.29, 0.717) is 11.3 Å². The van der Waals surface area contributed by atoms with Crippen LogP contribution < -0.4 is 0 Å². The zero-order chi connectivity index (χ0) is 9.68. The van der Waals surface area contributed by atoms with E-state index in [1.807, 2.05) is 6.08 Å². The van der Waals surface area contributed by atoms with Gasteiger partial charge in [0, 0.05) is 11.3 Å². The van der Waals surface area contributed by atoms with Crippen molar-refractivity contribution in [2.75, 3.05) is 5.75 Å². The van der Waals surface area contributed by atoms with Gasteiger partial charge < -0.3 is 5.11 Å². The van der Waals surface area contributed by atoms with Crippen LogP contribution in [-0.4, -0.2) is 10.9 Å². The van der Waals surface area contributed by atoms with Crippen molar-refractivity contribution in [1.82, 2.24) is 0 Å². The average Bonchev–Trinajstić information content (AvgIpc) is 2.15. The van der Waals surface area contributed by atoms with Crippen LogP contribution in [0.4, 0.5) is 4.39 Å². The molecule has 13 heavy (non-hydrogen) atoms. The molecule has 0 aliphatic rings. The lowest BCUT2D eigenvalue weighted by atomic mass is 10.1. The fourth-order valence-electron chi connectivity index (χ4n) is 0.984. The van der Waals surface area contributed by atoms with Crippen molar-refractivity contribution in [2.24, 2.45) is 0 Å². The first-order valence-corrected chi connectivity index (χ1v) is 4.58. The maximum Gasteiger partial charge on any atom is 0.129 e. The molecule has 0 saturated heterocycles. The molecule has 0 aliphatic carbocycles. The highest BCUT2D eigenvalue weighted by Crippen LogP contribution is 2.11. The summed E-state index contributed by atoms with van der Waals surface area (Å²) in [7, 11) is 0. The van der Waals surface area contributed by atoms with Crippen LogP contribution in [0.5, 0.6) is 0 Å². The van der Waals surface area contributed by atoms with E-state index in [2.05, 4.69) is 12.6 Å². The minimum absolute atomic E-state index is 0.262. The topological polar surface area (TPSA) is 20.2 Å². The fourth-order valence-corrected chi connectivity index (χ4v) is 1.09. The third kappa shape index (κ3) is 2.86. The number of aliphatic hydroxyl groups is 1. The monoisotopic (exact) mass is 198 g/mol. The molecule has 70 valence electrons. The molecule has 0 heterocycles. The first-order chi connectivity index (χ1) is 6.27. The van der Waals surface area contributed by atoms with Gasteiger partial charge in [-0.05, 0) is 11.6 Å². The first kappa shape index (κ1) is 10.3. The number of hydrogen-bond acceptors (Lipinski definition) is 2. The van der Waals surface area contributed by atoms with Gasteiger partial charge in [-0.2, -0.15) is 12.6 Å². The van der Waals surface area contributed by atoms with E-state index in [1.54, 1.807) is 18.2 Å². The number of halogens is 1. The number of hydrogen-bond donors (Lipinski definition) is 2. The molecule has 0 aliphatic heterocycles. The van der Waals surface area contributed by atoms with Gasteiger partial charge in [-0.3, -0.25) is 0 Å². The standard InChI is InChI=1S/C10H11FOS/c11-10-6-8(2-1-5-13)3-4-9(10)7-12/h1-4,6,12-13H,5,7H2. The third-order valence-electron chi connectivity index (χ3n) is 1.66. The molecule has 1 rings (SSSR count). The smallest absolute Gasteiger partial charge is 0.129 e. The van der Waals surface area contributed by atoms with Crippen molar-refractivity contribution < 1.29 is 9.50 Å². The second kappa shape index (κ2) is 5.04. The fraction of sp³-hybridized carbons (Fsp3) is 0.200. The first-order valence-electron chi connectivity index (χ1n) is 3.94. The lowest BCUT2D eigenvalue weighted by molar-refractivity contribution is 0.275. The van der Waals surface area contributed by atoms with Crippen molar-refractivity contribution in [1.29, 1.82) is 0 Å². The third-order valence-corrected chi connectivity index (χ3v) is 1.87. The van der Waals surface area contributed by atoms with Crippen molar-refractivity contribution in [2.45, 2.75) is 6.61 Å². The summed E-state index contributed by atoms with van der Waals surface area (Å²) in [6.07, 6.45) is 3.62. The van der Waals surface area contributed by atoms with E-state index in [0.717, 1.165) is 5.56 Å². The summed E-state index contributed by atoms with van der Waals surface area (Å²) in [6.45, 7) is -0.262. The van der Waals surface area contributed by atoms with Gasteiger partial charge in [0.05, 0.1) is 6.61 Å². The summed E-state index contributed by atoms with van der Waals surface area (Å²) in [6, 6.07) is 4.73. The normalized spacial score (nSPS) is 11.0. The molecule has 0 unspecified atom stereocenters. The van der Waals surface area contributed by atoms with Crippen LogP contribution in [0, 0.1) is 5.82 Å². The molecule has 0 amide bonds. The maximum atomic E-state index is 13.1. The summed E-state index contributed by atoms with van der Waals surface area (Å²) in [5.41, 5.74) is 1.10. The van der Waals surface area contributed by atoms with Gasteiger partial charge in [-0.25, -0.2) is 4.39 Å². The van der Waals surface area contributed by atoms with E-state index < -0.39 is 0 Å². The average molecular weight is 198 g/mol. The molecular formula is C10H11FOS. The van der Waals surface area contributed by atoms with Crippen LogP contribution >= 0.6 is 12.6 Å². The highest BCUT2D eigenvalue weighted by Gasteiger charge is 1.99. The van der Waals surface area contributed by atoms with Gasteiger partial charge in [0.25, 0.3) is 0 Å². The van der Waals surface area contributed by atoms with Gasteiger partial charge in [0.15, 0.2) is 0 Å². The SMILES string of the molecule is OCc1ccc(C=CCS)cc1F. The molecule has 0 spiro atoms. The van der Waals surface area contributed by atoms with Crippen molar-refractivity contribution in [3.05, 3.63) is 41.2 Å². The number of thiol groups is 1. The van der Waals surface area contributed by atoms with Gasteiger partial charge in [0.2, 0.25) is 0 Å². The molecule has 0 atom stereocenters. The Hall–Kier alpha value is -0.800. The summed E-state index contributed by atoms with van der Waals surface area (Å²) < 4.78 is 13.1. The molecule has 1 nitrogen and oxygen atoms in total. The van der Waals surface area contributed by atoms with Crippen LogP contribution in [0.2, 0.25) is 0 Å². The molecular weight excluding hydrogens is 187 g/mol. The number of rotatable bonds is 3. The van der Waals surface area contributed by atoms with Gasteiger partial charge in [0.1, 0.15) is 5.82 Å². The molecule has 0 saturated carbocycles. The van der Waals surface area contributed by atoms with Gasteiger partial charge in [-0.15, -0.1) is 0 Å². The predicted octanol–water partition coefficient (Wildman–Crippen LogP) is 2.26. The van der Waals surface area contributed by atoms with Crippen molar-refractivity contribution >= 4 is 18.7 Å². The Balaban J connectivity index is 2.89. The van der Waals surface area contributed by atoms with Crippen LogP contribution in [0.1, 0.15) is 11.1 Å². The second-order valence-electron chi connectivity index (χ2n) is 2.59. The van der Waals surface area contributed by atoms with Crippen molar-refractivity contribution in [3.8, 4) is 0 Å². The van der Waals surface area contributed by atoms with Gasteiger partial charge >= 0.3 is 0 Å². The molecule has 0 bridgehead atoms. The zero-order valence-corrected chi connectivity index (χ0v) is 7.97. The number of benzene rings is 1. The van der Waals surface area contributed by atoms with E-state index in [4.69, 9.17) is 5.11 Å². The van der Waals surface area contributed by atoms with Crippen LogP contribution in [0.25, 0.3) is 6.08 Å². The molecule has 1 aromatic carbocycles. The summed E-state index contributed by atoms with van der Waals surface area (Å²) in [5.74, 6) is 0.257. The minimum atomic E-state index is -0.371. The Morgan fingerprint density at radius 2 is 2.23 bits per heavy atom. The minimum Gasteiger partial charge on any atom is -0.392 e. The van der Waals surface area contributed by atoms with E-state index in [1.165, 1.54) is 6.07 Å². The lowest BCUT2D eigenvalue weighted by Crippen LogP contribution is -1.89. The summed E-state index contributed by atoms with van der Waals surface area (Å²) >= 11 is 3.99. The van der Waals surface area contributed by atoms with Gasteiger partial charge in [-0.1, -0.05) is 24.3 Å². The van der Waals surface area contributed by atoms with Crippen LogP contribution in [-0.2, 0) is 6.61 Å². The largest absolute Gasteiger partial charge is 0.392 e. The highest BCUT2D eigenvalue weighted by molar-refractivity contribution is 7.80. The van der Waals surface area contributed by atoms with E-state index in [9.17, 15) is 4.39 Å². The second-order valence-corrected chi connectivity index (χ2v) is 2.96. The van der Waals surface area contributed by atoms with E-state index >= 15 is 0 Å². The maximum absolute atomic E-state index is 13.1. The summed E-state index contributed by atoms with van der Waals surface area (Å²) in [4.78, 5) is 0. The van der Waals surface area contributed by atoms with Crippen LogP contribution in [0.3, 0.4) is 0 Å². The molecule has 0 aromatic heterocycles. The quantitative estimate of drug-likeness (QED) is 0.714. The predicted molar refractivity (Wildman–Crippen MR) is 55.2 cm³/mol. The Morgan fingerprint density at radius 1 is 1.46 bits per heavy atom. The lowest BCUT2D eigenvalue weighted by Gasteiger charge is -1.99. The summed E-state index contributed by atoms with van der Waals surface area (Å²) in [5, 5.41) is 8.72. The van der Waals surface area contributed by atoms with E-state index in [-0.39, 0.29) is 12.4 Å². The molecule has 0 radical (unpaired) electrons. The Labute approximate surface area is 82.3 Å². The Morgan fingerprint density at radius 3 is 2.77 bits per heavy atom. The molecule has 1 N–H and O–H groups in total. The molecule has 3 heteroatoms. The van der Waals surface area contributed by atoms with Crippen LogP contribution in [0.15, 0.2) is 24.3 Å².